The van der Waals surface area contributed by atoms with Gasteiger partial charge in [0.25, 0.3) is 5.91 Å². The van der Waals surface area contributed by atoms with Crippen molar-refractivity contribution in [3.05, 3.63) is 53.2 Å². The molecule has 1 aromatic heterocycles. The van der Waals surface area contributed by atoms with Gasteiger partial charge >= 0.3 is 6.18 Å². The van der Waals surface area contributed by atoms with Crippen LogP contribution in [0.2, 0.25) is 0 Å². The van der Waals surface area contributed by atoms with Crippen molar-refractivity contribution in [1.29, 1.82) is 0 Å². The molecule has 0 bridgehead atoms. The van der Waals surface area contributed by atoms with Gasteiger partial charge in [-0.15, -0.1) is 10.2 Å². The van der Waals surface area contributed by atoms with Gasteiger partial charge in [-0.1, -0.05) is 18.2 Å². The van der Waals surface area contributed by atoms with Gasteiger partial charge in [0.1, 0.15) is 0 Å². The van der Waals surface area contributed by atoms with Crippen LogP contribution in [0.5, 0.6) is 5.88 Å². The maximum atomic E-state index is 13.0. The maximum absolute atomic E-state index is 13.0. The Morgan fingerprint density at radius 1 is 1.17 bits per heavy atom. The standard InChI is InChI=1S/C15H14F3N3O2/c1-21(14(22)12-7-8-13(23-2)20-19-12)9-10-5-3-4-6-11(10)15(16,17)18/h3-8H,9H2,1-2H3. The van der Waals surface area contributed by atoms with Crippen LogP contribution in [-0.2, 0) is 12.7 Å². The summed E-state index contributed by atoms with van der Waals surface area (Å²) in [6, 6.07) is 7.99. The SMILES string of the molecule is COc1ccc(C(=O)N(C)Cc2ccccc2C(F)(F)F)nn1. The highest BCUT2D eigenvalue weighted by atomic mass is 19.4. The topological polar surface area (TPSA) is 55.3 Å². The first-order chi connectivity index (χ1) is 10.8. The lowest BCUT2D eigenvalue weighted by Gasteiger charge is -2.19. The number of nitrogens with zero attached hydrogens (tertiary/aromatic N) is 3. The highest BCUT2D eigenvalue weighted by Crippen LogP contribution is 2.32. The third-order valence-electron chi connectivity index (χ3n) is 3.15. The molecular formula is C15H14F3N3O2. The van der Waals surface area contributed by atoms with Crippen molar-refractivity contribution in [3.63, 3.8) is 0 Å². The summed E-state index contributed by atoms with van der Waals surface area (Å²) >= 11 is 0. The molecule has 23 heavy (non-hydrogen) atoms. The Bertz CT molecular complexity index is 687. The minimum Gasteiger partial charge on any atom is -0.480 e. The Labute approximate surface area is 130 Å². The number of alkyl halides is 3. The molecule has 0 saturated carbocycles. The first-order valence-corrected chi connectivity index (χ1v) is 6.61. The van der Waals surface area contributed by atoms with Crippen LogP contribution in [0, 0.1) is 0 Å². The molecule has 122 valence electrons. The van der Waals surface area contributed by atoms with Crippen molar-refractivity contribution < 1.29 is 22.7 Å². The third kappa shape index (κ3) is 3.97. The summed E-state index contributed by atoms with van der Waals surface area (Å²) in [5, 5.41) is 7.36. The van der Waals surface area contributed by atoms with Gasteiger partial charge in [-0.2, -0.15) is 13.2 Å². The highest BCUT2D eigenvalue weighted by Gasteiger charge is 2.33. The van der Waals surface area contributed by atoms with Crippen molar-refractivity contribution in [3.8, 4) is 5.88 Å². The van der Waals surface area contributed by atoms with E-state index in [0.29, 0.717) is 0 Å². The molecular weight excluding hydrogens is 311 g/mol. The number of methoxy groups -OCH3 is 1. The lowest BCUT2D eigenvalue weighted by Crippen LogP contribution is -2.28. The molecule has 0 aliphatic carbocycles. The Balaban J connectivity index is 2.18. The maximum Gasteiger partial charge on any atom is 0.416 e. The zero-order valence-corrected chi connectivity index (χ0v) is 12.5. The van der Waals surface area contributed by atoms with E-state index in [0.717, 1.165) is 11.0 Å². The second-order valence-corrected chi connectivity index (χ2v) is 4.78. The van der Waals surface area contributed by atoms with Crippen molar-refractivity contribution in [2.75, 3.05) is 14.2 Å². The van der Waals surface area contributed by atoms with Crippen LogP contribution < -0.4 is 4.74 Å². The molecule has 0 N–H and O–H groups in total. The van der Waals surface area contributed by atoms with E-state index in [-0.39, 0.29) is 23.7 Å². The van der Waals surface area contributed by atoms with Crippen LogP contribution in [0.15, 0.2) is 36.4 Å². The Morgan fingerprint density at radius 2 is 1.87 bits per heavy atom. The van der Waals surface area contributed by atoms with Gasteiger partial charge < -0.3 is 9.64 Å². The third-order valence-corrected chi connectivity index (χ3v) is 3.15. The monoisotopic (exact) mass is 325 g/mol. The van der Waals surface area contributed by atoms with E-state index in [2.05, 4.69) is 10.2 Å². The fraction of sp³-hybridized carbons (Fsp3) is 0.267. The molecule has 1 aromatic carbocycles. The van der Waals surface area contributed by atoms with Crippen molar-refractivity contribution in [2.24, 2.45) is 0 Å². The molecule has 2 aromatic rings. The second kappa shape index (κ2) is 6.64. The van der Waals surface area contributed by atoms with Gasteiger partial charge in [-0.25, -0.2) is 0 Å². The number of amides is 1. The zero-order chi connectivity index (χ0) is 17.0. The van der Waals surface area contributed by atoms with Crippen LogP contribution in [0.25, 0.3) is 0 Å². The first kappa shape index (κ1) is 16.7. The van der Waals surface area contributed by atoms with E-state index in [1.807, 2.05) is 0 Å². The summed E-state index contributed by atoms with van der Waals surface area (Å²) in [4.78, 5) is 13.4. The molecule has 0 saturated heterocycles. The van der Waals surface area contributed by atoms with E-state index < -0.39 is 17.6 Å². The molecule has 1 amide bonds. The van der Waals surface area contributed by atoms with Gasteiger partial charge in [-0.05, 0) is 17.7 Å². The van der Waals surface area contributed by atoms with Crippen molar-refractivity contribution >= 4 is 5.91 Å². The van der Waals surface area contributed by atoms with Crippen molar-refractivity contribution in [1.82, 2.24) is 15.1 Å². The predicted octanol–water partition coefficient (Wildman–Crippen LogP) is 2.78. The van der Waals surface area contributed by atoms with Crippen LogP contribution >= 0.6 is 0 Å². The summed E-state index contributed by atoms with van der Waals surface area (Å²) in [5.74, 6) is -0.288. The summed E-state index contributed by atoms with van der Waals surface area (Å²) in [7, 11) is 2.81. The van der Waals surface area contributed by atoms with Gasteiger partial charge in [0.2, 0.25) is 5.88 Å². The van der Waals surface area contributed by atoms with E-state index >= 15 is 0 Å². The fourth-order valence-electron chi connectivity index (χ4n) is 2.00. The molecule has 0 unspecified atom stereocenters. The zero-order valence-electron chi connectivity index (χ0n) is 12.5. The lowest BCUT2D eigenvalue weighted by atomic mass is 10.1. The highest BCUT2D eigenvalue weighted by molar-refractivity contribution is 5.91. The number of carbonyl (C=O) groups excluding carboxylic acids is 1. The average molecular weight is 325 g/mol. The molecule has 0 fully saturated rings. The van der Waals surface area contributed by atoms with Crippen LogP contribution in [0.1, 0.15) is 21.6 Å². The average Bonchev–Trinajstić information content (AvgIpc) is 2.53. The molecule has 0 spiro atoms. The van der Waals surface area contributed by atoms with E-state index in [9.17, 15) is 18.0 Å². The van der Waals surface area contributed by atoms with E-state index in [1.165, 1.54) is 44.5 Å². The molecule has 2 rings (SSSR count). The van der Waals surface area contributed by atoms with Crippen LogP contribution in [-0.4, -0.2) is 35.2 Å². The largest absolute Gasteiger partial charge is 0.480 e. The van der Waals surface area contributed by atoms with Gasteiger partial charge in [0, 0.05) is 19.7 Å². The normalized spacial score (nSPS) is 11.2. The summed E-state index contributed by atoms with van der Waals surface area (Å²) in [6.45, 7) is -0.192. The second-order valence-electron chi connectivity index (χ2n) is 4.78. The summed E-state index contributed by atoms with van der Waals surface area (Å²) in [5.41, 5.74) is -0.726. The Morgan fingerprint density at radius 3 is 2.43 bits per heavy atom. The number of carbonyl (C=O) groups is 1. The number of hydrogen-bond acceptors (Lipinski definition) is 4. The van der Waals surface area contributed by atoms with Crippen LogP contribution in [0.3, 0.4) is 0 Å². The number of benzene rings is 1. The quantitative estimate of drug-likeness (QED) is 0.867. The van der Waals surface area contributed by atoms with Crippen molar-refractivity contribution in [2.45, 2.75) is 12.7 Å². The number of ether oxygens (including phenoxy) is 1. The minimum absolute atomic E-state index is 0.0114. The fourth-order valence-corrected chi connectivity index (χ4v) is 2.00. The van der Waals surface area contributed by atoms with Gasteiger partial charge in [-0.3, -0.25) is 4.79 Å². The molecule has 0 atom stereocenters. The molecule has 1 heterocycles. The predicted molar refractivity (Wildman–Crippen MR) is 75.8 cm³/mol. The molecule has 0 radical (unpaired) electrons. The lowest BCUT2D eigenvalue weighted by molar-refractivity contribution is -0.138. The van der Waals surface area contributed by atoms with E-state index in [1.54, 1.807) is 0 Å². The Kier molecular flexibility index (Phi) is 4.83. The number of rotatable bonds is 4. The van der Waals surface area contributed by atoms with E-state index in [4.69, 9.17) is 4.74 Å². The number of halogens is 3. The number of hydrogen-bond donors (Lipinski definition) is 0. The minimum atomic E-state index is -4.47. The van der Waals surface area contributed by atoms with Crippen LogP contribution in [0.4, 0.5) is 13.2 Å². The molecule has 0 aliphatic heterocycles. The summed E-state index contributed by atoms with van der Waals surface area (Å²) < 4.78 is 43.7. The Hall–Kier alpha value is -2.64. The molecule has 5 nitrogen and oxygen atoms in total. The van der Waals surface area contributed by atoms with Gasteiger partial charge in [0.15, 0.2) is 5.69 Å². The molecule has 8 heteroatoms. The summed E-state index contributed by atoms with van der Waals surface area (Å²) in [6.07, 6.45) is -4.47. The smallest absolute Gasteiger partial charge is 0.416 e. The number of aromatic nitrogens is 2. The van der Waals surface area contributed by atoms with Gasteiger partial charge in [0.05, 0.1) is 12.7 Å². The molecule has 0 aliphatic rings. The first-order valence-electron chi connectivity index (χ1n) is 6.61.